The summed E-state index contributed by atoms with van der Waals surface area (Å²) in [6, 6.07) is 4.93. The highest BCUT2D eigenvalue weighted by Crippen LogP contribution is 2.33. The van der Waals surface area contributed by atoms with Crippen molar-refractivity contribution in [3.05, 3.63) is 29.5 Å². The quantitative estimate of drug-likeness (QED) is 0.850. The number of carbonyl (C=O) groups excluding carboxylic acids is 1. The van der Waals surface area contributed by atoms with Crippen molar-refractivity contribution >= 4 is 22.9 Å². The number of hydrogen-bond donors (Lipinski definition) is 1. The summed E-state index contributed by atoms with van der Waals surface area (Å²) < 4.78 is 15.0. The average molecular weight is 264 g/mol. The maximum absolute atomic E-state index is 11.1. The third kappa shape index (κ3) is 2.37. The van der Waals surface area contributed by atoms with Crippen LogP contribution in [0.15, 0.2) is 22.6 Å². The van der Waals surface area contributed by atoms with E-state index in [1.807, 2.05) is 0 Å². The summed E-state index contributed by atoms with van der Waals surface area (Å²) in [6.07, 6.45) is 0. The van der Waals surface area contributed by atoms with Gasteiger partial charge in [0.05, 0.1) is 12.5 Å². The molecule has 1 heterocycles. The van der Waals surface area contributed by atoms with Gasteiger partial charge in [-0.2, -0.15) is 0 Å². The predicted octanol–water partition coefficient (Wildman–Crippen LogP) is 1.99. The maximum atomic E-state index is 11.1. The molecule has 19 heavy (non-hydrogen) atoms. The van der Waals surface area contributed by atoms with E-state index >= 15 is 0 Å². The summed E-state index contributed by atoms with van der Waals surface area (Å²) in [5, 5.41) is 9.55. The van der Waals surface area contributed by atoms with Gasteiger partial charge in [-0.1, -0.05) is 6.07 Å². The Bertz CT molecular complexity index is 640. The fourth-order valence-electron chi connectivity index (χ4n) is 1.79. The summed E-state index contributed by atoms with van der Waals surface area (Å²) in [5.74, 6) is -1.41. The maximum Gasteiger partial charge on any atom is 0.372 e. The molecule has 0 aliphatic heterocycles. The first-order chi connectivity index (χ1) is 9.04. The summed E-state index contributed by atoms with van der Waals surface area (Å²) in [4.78, 5) is 22.1. The zero-order valence-electron chi connectivity index (χ0n) is 10.4. The van der Waals surface area contributed by atoms with Crippen molar-refractivity contribution in [1.29, 1.82) is 0 Å². The van der Waals surface area contributed by atoms with E-state index in [2.05, 4.69) is 4.74 Å². The zero-order valence-corrected chi connectivity index (χ0v) is 10.4. The SMILES string of the molecule is COC(=O)COc1cccc2oc(C(=O)O)c(C)c12. The number of ether oxygens (including phenoxy) is 2. The van der Waals surface area contributed by atoms with Crippen LogP contribution in [0.2, 0.25) is 0 Å². The lowest BCUT2D eigenvalue weighted by Gasteiger charge is -2.05. The van der Waals surface area contributed by atoms with E-state index in [0.717, 1.165) is 0 Å². The molecule has 0 unspecified atom stereocenters. The Morgan fingerprint density at radius 3 is 2.74 bits per heavy atom. The van der Waals surface area contributed by atoms with Gasteiger partial charge in [-0.05, 0) is 19.1 Å². The van der Waals surface area contributed by atoms with Crippen LogP contribution in [0.25, 0.3) is 11.0 Å². The van der Waals surface area contributed by atoms with E-state index in [0.29, 0.717) is 22.3 Å². The molecule has 2 rings (SSSR count). The monoisotopic (exact) mass is 264 g/mol. The van der Waals surface area contributed by atoms with E-state index in [1.165, 1.54) is 7.11 Å². The van der Waals surface area contributed by atoms with Gasteiger partial charge in [0, 0.05) is 5.56 Å². The molecule has 0 saturated carbocycles. The highest BCUT2D eigenvalue weighted by molar-refractivity contribution is 5.97. The van der Waals surface area contributed by atoms with Crippen LogP contribution in [0.4, 0.5) is 0 Å². The van der Waals surface area contributed by atoms with E-state index < -0.39 is 11.9 Å². The molecule has 1 N–H and O–H groups in total. The minimum atomic E-state index is -1.15. The Balaban J connectivity index is 2.44. The molecule has 0 aliphatic rings. The van der Waals surface area contributed by atoms with E-state index in [4.69, 9.17) is 14.3 Å². The van der Waals surface area contributed by atoms with Crippen LogP contribution in [0, 0.1) is 6.92 Å². The molecule has 0 spiro atoms. The van der Waals surface area contributed by atoms with Gasteiger partial charge in [-0.15, -0.1) is 0 Å². The van der Waals surface area contributed by atoms with Crippen molar-refractivity contribution in [3.8, 4) is 5.75 Å². The number of fused-ring (bicyclic) bond motifs is 1. The number of rotatable bonds is 4. The molecular formula is C13H12O6. The van der Waals surface area contributed by atoms with Crippen LogP contribution in [0.1, 0.15) is 16.1 Å². The fraction of sp³-hybridized carbons (Fsp3) is 0.231. The lowest BCUT2D eigenvalue weighted by Crippen LogP contribution is -2.12. The Morgan fingerprint density at radius 1 is 1.37 bits per heavy atom. The lowest BCUT2D eigenvalue weighted by atomic mass is 10.1. The number of benzene rings is 1. The molecule has 0 fully saturated rings. The summed E-state index contributed by atoms with van der Waals surface area (Å²) in [7, 11) is 1.26. The molecular weight excluding hydrogens is 252 g/mol. The molecule has 0 saturated heterocycles. The van der Waals surface area contributed by atoms with Gasteiger partial charge < -0.3 is 19.0 Å². The van der Waals surface area contributed by atoms with Crippen LogP contribution in [0.3, 0.4) is 0 Å². The molecule has 2 aromatic rings. The molecule has 0 bridgehead atoms. The van der Waals surface area contributed by atoms with Gasteiger partial charge >= 0.3 is 11.9 Å². The standard InChI is InChI=1S/C13H12O6/c1-7-11-8(18-6-10(14)17-2)4-3-5-9(11)19-12(7)13(15)16/h3-5H,6H2,1-2H3,(H,15,16). The second-order valence-corrected chi connectivity index (χ2v) is 3.86. The molecule has 1 aromatic carbocycles. The third-order valence-corrected chi connectivity index (χ3v) is 2.68. The largest absolute Gasteiger partial charge is 0.481 e. The first kappa shape index (κ1) is 12.9. The van der Waals surface area contributed by atoms with E-state index in [-0.39, 0.29) is 12.4 Å². The van der Waals surface area contributed by atoms with Crippen molar-refractivity contribution in [2.45, 2.75) is 6.92 Å². The zero-order chi connectivity index (χ0) is 14.0. The minimum absolute atomic E-state index is 0.135. The highest BCUT2D eigenvalue weighted by Gasteiger charge is 2.19. The fourth-order valence-corrected chi connectivity index (χ4v) is 1.79. The number of furan rings is 1. The average Bonchev–Trinajstić information content (AvgIpc) is 2.74. The van der Waals surface area contributed by atoms with E-state index in [1.54, 1.807) is 25.1 Å². The van der Waals surface area contributed by atoms with Crippen molar-refractivity contribution in [1.82, 2.24) is 0 Å². The van der Waals surface area contributed by atoms with Crippen molar-refractivity contribution < 1.29 is 28.6 Å². The van der Waals surface area contributed by atoms with Gasteiger partial charge in [0.1, 0.15) is 11.3 Å². The topological polar surface area (TPSA) is 86.0 Å². The van der Waals surface area contributed by atoms with Crippen LogP contribution in [-0.2, 0) is 9.53 Å². The van der Waals surface area contributed by atoms with Crippen molar-refractivity contribution in [2.75, 3.05) is 13.7 Å². The highest BCUT2D eigenvalue weighted by atomic mass is 16.6. The van der Waals surface area contributed by atoms with E-state index in [9.17, 15) is 9.59 Å². The number of carboxylic acid groups (broad SMARTS) is 1. The van der Waals surface area contributed by atoms with Gasteiger partial charge in [0.15, 0.2) is 6.61 Å². The number of carbonyl (C=O) groups is 2. The Hall–Kier alpha value is -2.50. The Kier molecular flexibility index (Phi) is 3.41. The van der Waals surface area contributed by atoms with Gasteiger partial charge in [-0.25, -0.2) is 9.59 Å². The Morgan fingerprint density at radius 2 is 2.11 bits per heavy atom. The van der Waals surface area contributed by atoms with Crippen LogP contribution >= 0.6 is 0 Å². The number of carboxylic acids is 1. The molecule has 6 nitrogen and oxygen atoms in total. The third-order valence-electron chi connectivity index (χ3n) is 2.68. The van der Waals surface area contributed by atoms with Crippen LogP contribution in [0.5, 0.6) is 5.75 Å². The van der Waals surface area contributed by atoms with Crippen LogP contribution in [-0.4, -0.2) is 30.8 Å². The Labute approximate surface area is 108 Å². The summed E-state index contributed by atoms with van der Waals surface area (Å²) >= 11 is 0. The van der Waals surface area contributed by atoms with Crippen molar-refractivity contribution in [3.63, 3.8) is 0 Å². The number of aryl methyl sites for hydroxylation is 1. The smallest absolute Gasteiger partial charge is 0.372 e. The normalized spacial score (nSPS) is 10.4. The van der Waals surface area contributed by atoms with Gasteiger partial charge in [0.2, 0.25) is 5.76 Å². The van der Waals surface area contributed by atoms with Crippen molar-refractivity contribution in [2.24, 2.45) is 0 Å². The number of methoxy groups -OCH3 is 1. The predicted molar refractivity (Wildman–Crippen MR) is 65.4 cm³/mol. The number of aromatic carboxylic acids is 1. The first-order valence-electron chi connectivity index (χ1n) is 5.49. The molecule has 0 aliphatic carbocycles. The number of hydrogen-bond acceptors (Lipinski definition) is 5. The molecule has 0 radical (unpaired) electrons. The lowest BCUT2D eigenvalue weighted by molar-refractivity contribution is -0.142. The molecule has 1 aromatic heterocycles. The second-order valence-electron chi connectivity index (χ2n) is 3.86. The first-order valence-corrected chi connectivity index (χ1v) is 5.49. The molecule has 100 valence electrons. The second kappa shape index (κ2) is 5.01. The van der Waals surface area contributed by atoms with Gasteiger partial charge in [0.25, 0.3) is 0 Å². The number of esters is 1. The molecule has 0 atom stereocenters. The minimum Gasteiger partial charge on any atom is -0.481 e. The summed E-state index contributed by atoms with van der Waals surface area (Å²) in [5.41, 5.74) is 0.861. The van der Waals surface area contributed by atoms with Crippen LogP contribution < -0.4 is 4.74 Å². The molecule has 0 amide bonds. The molecule has 6 heteroatoms. The van der Waals surface area contributed by atoms with Gasteiger partial charge in [-0.3, -0.25) is 0 Å². The summed E-state index contributed by atoms with van der Waals surface area (Å²) in [6.45, 7) is 1.38.